The van der Waals surface area contributed by atoms with E-state index in [-0.39, 0.29) is 0 Å². The second-order valence-corrected chi connectivity index (χ2v) is 4.42. The maximum atomic E-state index is 2.46. The van der Waals surface area contributed by atoms with E-state index in [0.717, 1.165) is 6.04 Å². The number of rotatable bonds is 3. The molecule has 1 heterocycles. The van der Waals surface area contributed by atoms with E-state index in [1.54, 1.807) is 0 Å². The van der Waals surface area contributed by atoms with Crippen molar-refractivity contribution in [3.8, 4) is 0 Å². The van der Waals surface area contributed by atoms with Gasteiger partial charge in [0.05, 0.1) is 20.1 Å². The predicted octanol–water partition coefficient (Wildman–Crippen LogP) is 1.52. The molecule has 0 aromatic carbocycles. The van der Waals surface area contributed by atoms with Crippen LogP contribution in [0.2, 0.25) is 0 Å². The highest BCUT2D eigenvalue weighted by molar-refractivity contribution is 4.68. The number of hydrogen-bond acceptors (Lipinski definition) is 1. The molecule has 0 saturated carbocycles. The number of hydrogen-bond donors (Lipinski definition) is 0. The Bertz CT molecular complexity index is 147. The van der Waals surface area contributed by atoms with Gasteiger partial charge in [-0.25, -0.2) is 0 Å². The third-order valence-electron chi connectivity index (χ3n) is 3.31. The summed E-state index contributed by atoms with van der Waals surface area (Å²) in [5, 5.41) is 0. The average molecular weight is 171 g/mol. The van der Waals surface area contributed by atoms with Crippen molar-refractivity contribution in [3.63, 3.8) is 0 Å². The van der Waals surface area contributed by atoms with Gasteiger partial charge in [0, 0.05) is 6.42 Å². The first kappa shape index (κ1) is 10.0. The standard InChI is InChI=1S/C10H23N2/c1-5-7-10-8-11(3)9-12(10,4)6-2/h10H,5-9H2,1-4H3/q+1/t10?,12-/m0/s1. The Morgan fingerprint density at radius 3 is 2.58 bits per heavy atom. The van der Waals surface area contributed by atoms with Gasteiger partial charge in [-0.1, -0.05) is 13.3 Å². The van der Waals surface area contributed by atoms with Crippen LogP contribution in [0.5, 0.6) is 0 Å². The molecule has 12 heavy (non-hydrogen) atoms. The fraction of sp³-hybridized carbons (Fsp3) is 1.00. The lowest BCUT2D eigenvalue weighted by Gasteiger charge is -2.34. The van der Waals surface area contributed by atoms with Gasteiger partial charge in [-0.05, 0) is 14.0 Å². The summed E-state index contributed by atoms with van der Waals surface area (Å²) in [6.45, 7) is 8.40. The van der Waals surface area contributed by atoms with E-state index in [1.807, 2.05) is 0 Å². The Hall–Kier alpha value is -0.0800. The van der Waals surface area contributed by atoms with Crippen molar-refractivity contribution < 1.29 is 4.48 Å². The largest absolute Gasteiger partial charge is 0.310 e. The molecule has 1 aliphatic heterocycles. The fourth-order valence-electron chi connectivity index (χ4n) is 2.38. The van der Waals surface area contributed by atoms with E-state index in [1.165, 1.54) is 37.1 Å². The molecule has 0 radical (unpaired) electrons. The molecule has 2 atom stereocenters. The molecule has 72 valence electrons. The molecule has 1 rings (SSSR count). The van der Waals surface area contributed by atoms with Gasteiger partial charge in [-0.2, -0.15) is 0 Å². The summed E-state index contributed by atoms with van der Waals surface area (Å²) >= 11 is 0. The zero-order valence-electron chi connectivity index (χ0n) is 9.01. The maximum Gasteiger partial charge on any atom is 0.135 e. The monoisotopic (exact) mass is 171 g/mol. The third-order valence-corrected chi connectivity index (χ3v) is 3.31. The third kappa shape index (κ3) is 1.80. The minimum Gasteiger partial charge on any atom is -0.310 e. The Labute approximate surface area is 76.7 Å². The van der Waals surface area contributed by atoms with Crippen LogP contribution in [0.15, 0.2) is 0 Å². The normalized spacial score (nSPS) is 37.5. The SMILES string of the molecule is CCCC1CN(C)C[N@+]1(C)CC. The second kappa shape index (κ2) is 3.75. The summed E-state index contributed by atoms with van der Waals surface area (Å²) in [4.78, 5) is 2.46. The molecule has 0 amide bonds. The minimum absolute atomic E-state index is 0.880. The van der Waals surface area contributed by atoms with Gasteiger partial charge >= 0.3 is 0 Å². The Morgan fingerprint density at radius 2 is 2.08 bits per heavy atom. The number of nitrogens with zero attached hydrogens (tertiary/aromatic N) is 2. The molecule has 0 aromatic heterocycles. The molecule has 2 nitrogen and oxygen atoms in total. The van der Waals surface area contributed by atoms with Gasteiger partial charge in [0.2, 0.25) is 0 Å². The topological polar surface area (TPSA) is 3.24 Å². The molecule has 2 heteroatoms. The highest BCUT2D eigenvalue weighted by Gasteiger charge is 2.38. The van der Waals surface area contributed by atoms with Crippen LogP contribution >= 0.6 is 0 Å². The maximum absolute atomic E-state index is 2.46. The minimum atomic E-state index is 0.880. The van der Waals surface area contributed by atoms with Crippen LogP contribution in [0.3, 0.4) is 0 Å². The summed E-state index contributed by atoms with van der Waals surface area (Å²) in [5.74, 6) is 0. The molecule has 1 unspecified atom stereocenters. The van der Waals surface area contributed by atoms with Crippen molar-refractivity contribution in [2.24, 2.45) is 0 Å². The van der Waals surface area contributed by atoms with Gasteiger partial charge in [0.1, 0.15) is 12.7 Å². The van der Waals surface area contributed by atoms with Crippen molar-refractivity contribution in [2.75, 3.05) is 33.9 Å². The lowest BCUT2D eigenvalue weighted by Crippen LogP contribution is -2.48. The molecule has 1 aliphatic rings. The lowest BCUT2D eigenvalue weighted by atomic mass is 10.1. The lowest BCUT2D eigenvalue weighted by molar-refractivity contribution is -0.922. The first-order valence-electron chi connectivity index (χ1n) is 5.15. The van der Waals surface area contributed by atoms with Crippen molar-refractivity contribution in [3.05, 3.63) is 0 Å². The Balaban J connectivity index is 2.58. The number of likely N-dealkylation sites (N-methyl/N-ethyl adjacent to an activating group) is 2. The average Bonchev–Trinajstić information content (AvgIpc) is 2.29. The van der Waals surface area contributed by atoms with Crippen LogP contribution in [0.1, 0.15) is 26.7 Å². The highest BCUT2D eigenvalue weighted by atomic mass is 15.5. The fourth-order valence-corrected chi connectivity index (χ4v) is 2.38. The molecule has 0 bridgehead atoms. The van der Waals surface area contributed by atoms with Crippen molar-refractivity contribution >= 4 is 0 Å². The van der Waals surface area contributed by atoms with Crippen LogP contribution in [0.4, 0.5) is 0 Å². The van der Waals surface area contributed by atoms with Crippen LogP contribution in [0, 0.1) is 0 Å². The molecule has 0 aromatic rings. The van der Waals surface area contributed by atoms with Crippen molar-refractivity contribution in [1.29, 1.82) is 0 Å². The summed E-state index contributed by atoms with van der Waals surface area (Å²) in [7, 11) is 4.63. The van der Waals surface area contributed by atoms with Crippen LogP contribution in [0.25, 0.3) is 0 Å². The smallest absolute Gasteiger partial charge is 0.135 e. The predicted molar refractivity (Wildman–Crippen MR) is 52.9 cm³/mol. The molecule has 1 fully saturated rings. The molecular weight excluding hydrogens is 148 g/mol. The Kier molecular flexibility index (Phi) is 3.13. The second-order valence-electron chi connectivity index (χ2n) is 4.42. The summed E-state index contributed by atoms with van der Waals surface area (Å²) in [5.41, 5.74) is 0. The zero-order chi connectivity index (χ0) is 9.19. The zero-order valence-corrected chi connectivity index (χ0v) is 9.01. The van der Waals surface area contributed by atoms with E-state index in [4.69, 9.17) is 0 Å². The van der Waals surface area contributed by atoms with E-state index in [2.05, 4.69) is 32.8 Å². The van der Waals surface area contributed by atoms with Gasteiger partial charge < -0.3 is 4.48 Å². The molecule has 1 saturated heterocycles. The number of quaternary nitrogens is 1. The quantitative estimate of drug-likeness (QED) is 0.582. The summed E-state index contributed by atoms with van der Waals surface area (Å²) in [6.07, 6.45) is 2.71. The van der Waals surface area contributed by atoms with Crippen LogP contribution in [-0.4, -0.2) is 49.3 Å². The molecule has 0 spiro atoms. The molecule has 0 N–H and O–H groups in total. The molecule has 0 aliphatic carbocycles. The first-order chi connectivity index (χ1) is 5.62. The van der Waals surface area contributed by atoms with Gasteiger partial charge in [0.25, 0.3) is 0 Å². The Morgan fingerprint density at radius 1 is 1.42 bits per heavy atom. The summed E-state index contributed by atoms with van der Waals surface area (Å²) in [6, 6.07) is 0.880. The van der Waals surface area contributed by atoms with Crippen LogP contribution in [-0.2, 0) is 0 Å². The van der Waals surface area contributed by atoms with E-state index >= 15 is 0 Å². The van der Waals surface area contributed by atoms with Gasteiger partial charge in [-0.15, -0.1) is 0 Å². The van der Waals surface area contributed by atoms with E-state index in [0.29, 0.717) is 0 Å². The molecular formula is C10H23N2+. The summed E-state index contributed by atoms with van der Waals surface area (Å²) < 4.78 is 1.25. The van der Waals surface area contributed by atoms with Crippen molar-refractivity contribution in [2.45, 2.75) is 32.7 Å². The van der Waals surface area contributed by atoms with Gasteiger partial charge in [-0.3, -0.25) is 4.90 Å². The first-order valence-corrected chi connectivity index (χ1v) is 5.15. The van der Waals surface area contributed by atoms with Gasteiger partial charge in [0.15, 0.2) is 0 Å². The van der Waals surface area contributed by atoms with Crippen molar-refractivity contribution in [1.82, 2.24) is 4.90 Å². The van der Waals surface area contributed by atoms with E-state index < -0.39 is 0 Å². The highest BCUT2D eigenvalue weighted by Crippen LogP contribution is 2.22. The van der Waals surface area contributed by atoms with Crippen LogP contribution < -0.4 is 0 Å². The van der Waals surface area contributed by atoms with E-state index in [9.17, 15) is 0 Å².